The van der Waals surface area contributed by atoms with Gasteiger partial charge >= 0.3 is 6.03 Å². The minimum Gasteiger partial charge on any atom is -0.338 e. The van der Waals surface area contributed by atoms with Gasteiger partial charge in [-0.3, -0.25) is 0 Å². The van der Waals surface area contributed by atoms with E-state index in [1.807, 2.05) is 0 Å². The third kappa shape index (κ3) is 3.27. The zero-order chi connectivity index (χ0) is 13.8. The summed E-state index contributed by atoms with van der Waals surface area (Å²) in [6.45, 7) is 5.01. The summed E-state index contributed by atoms with van der Waals surface area (Å²) in [7, 11) is 0. The maximum Gasteiger partial charge on any atom is 0.317 e. The smallest absolute Gasteiger partial charge is 0.317 e. The van der Waals surface area contributed by atoms with Crippen LogP contribution in [0.5, 0.6) is 0 Å². The zero-order valence-electron chi connectivity index (χ0n) is 12.6. The molecule has 2 saturated heterocycles. The molecule has 3 rings (SSSR count). The highest BCUT2D eigenvalue weighted by Crippen LogP contribution is 2.35. The largest absolute Gasteiger partial charge is 0.338 e. The Balaban J connectivity index is 1.46. The van der Waals surface area contributed by atoms with Crippen LogP contribution in [0.25, 0.3) is 0 Å². The number of nitrogens with zero attached hydrogens (tertiary/aromatic N) is 1. The second-order valence-electron chi connectivity index (χ2n) is 7.14. The molecule has 114 valence electrons. The average molecular weight is 279 g/mol. The third-order valence-electron chi connectivity index (χ3n) is 5.55. The van der Waals surface area contributed by atoms with Crippen LogP contribution in [-0.2, 0) is 0 Å². The molecule has 4 nitrogen and oxygen atoms in total. The minimum atomic E-state index is 0.182. The molecule has 0 aromatic rings. The lowest BCUT2D eigenvalue weighted by atomic mass is 9.79. The van der Waals surface area contributed by atoms with Gasteiger partial charge in [-0.2, -0.15) is 0 Å². The molecular weight excluding hydrogens is 250 g/mol. The highest BCUT2D eigenvalue weighted by atomic mass is 16.2. The molecule has 3 aliphatic rings. The van der Waals surface area contributed by atoms with Crippen molar-refractivity contribution in [2.75, 3.05) is 32.7 Å². The van der Waals surface area contributed by atoms with Crippen LogP contribution < -0.4 is 10.6 Å². The molecule has 2 aliphatic heterocycles. The molecule has 0 aromatic heterocycles. The fourth-order valence-electron chi connectivity index (χ4n) is 4.26. The molecule has 1 unspecified atom stereocenters. The first-order valence-electron chi connectivity index (χ1n) is 8.51. The van der Waals surface area contributed by atoms with Gasteiger partial charge in [0, 0.05) is 31.6 Å². The number of rotatable bonds is 2. The van der Waals surface area contributed by atoms with Crippen molar-refractivity contribution < 1.29 is 4.79 Å². The molecule has 1 atom stereocenters. The Morgan fingerprint density at radius 3 is 2.80 bits per heavy atom. The Kier molecular flexibility index (Phi) is 4.49. The molecule has 1 aliphatic carbocycles. The Hall–Kier alpha value is -0.770. The van der Waals surface area contributed by atoms with E-state index in [2.05, 4.69) is 15.5 Å². The van der Waals surface area contributed by atoms with E-state index in [4.69, 9.17) is 0 Å². The van der Waals surface area contributed by atoms with Gasteiger partial charge in [-0.1, -0.05) is 19.3 Å². The van der Waals surface area contributed by atoms with Gasteiger partial charge < -0.3 is 15.5 Å². The molecule has 4 heteroatoms. The van der Waals surface area contributed by atoms with Crippen LogP contribution in [0.1, 0.15) is 51.4 Å². The third-order valence-corrected chi connectivity index (χ3v) is 5.55. The number of hydrogen-bond acceptors (Lipinski definition) is 2. The van der Waals surface area contributed by atoms with Gasteiger partial charge in [0.1, 0.15) is 0 Å². The number of carbonyl (C=O) groups is 1. The quantitative estimate of drug-likeness (QED) is 0.815. The van der Waals surface area contributed by atoms with E-state index >= 15 is 0 Å². The summed E-state index contributed by atoms with van der Waals surface area (Å²) in [6.07, 6.45) is 10.4. The van der Waals surface area contributed by atoms with E-state index in [1.54, 1.807) is 0 Å². The molecule has 0 bridgehead atoms. The molecule has 3 fully saturated rings. The SMILES string of the molecule is O=C(NCC1CCCCC1)N1CCCC2(CCNC2)C1. The number of hydrogen-bond donors (Lipinski definition) is 2. The van der Waals surface area contributed by atoms with Gasteiger partial charge in [-0.25, -0.2) is 4.79 Å². The van der Waals surface area contributed by atoms with Crippen LogP contribution in [-0.4, -0.2) is 43.7 Å². The topological polar surface area (TPSA) is 44.4 Å². The highest BCUT2D eigenvalue weighted by molar-refractivity contribution is 5.74. The van der Waals surface area contributed by atoms with E-state index in [-0.39, 0.29) is 6.03 Å². The summed E-state index contributed by atoms with van der Waals surface area (Å²) in [5.74, 6) is 0.722. The van der Waals surface area contributed by atoms with Crippen LogP contribution in [0.15, 0.2) is 0 Å². The molecule has 1 spiro atoms. The molecule has 0 radical (unpaired) electrons. The predicted octanol–water partition coefficient (Wildman–Crippen LogP) is 2.35. The highest BCUT2D eigenvalue weighted by Gasteiger charge is 2.39. The van der Waals surface area contributed by atoms with E-state index in [9.17, 15) is 4.79 Å². The number of piperidine rings is 1. The van der Waals surface area contributed by atoms with Crippen molar-refractivity contribution in [3.63, 3.8) is 0 Å². The van der Waals surface area contributed by atoms with Crippen molar-refractivity contribution in [2.24, 2.45) is 11.3 Å². The van der Waals surface area contributed by atoms with Crippen LogP contribution >= 0.6 is 0 Å². The minimum absolute atomic E-state index is 0.182. The monoisotopic (exact) mass is 279 g/mol. The van der Waals surface area contributed by atoms with Gasteiger partial charge in [0.15, 0.2) is 0 Å². The van der Waals surface area contributed by atoms with E-state index in [1.165, 1.54) is 51.4 Å². The first-order chi connectivity index (χ1) is 9.77. The lowest BCUT2D eigenvalue weighted by molar-refractivity contribution is 0.117. The van der Waals surface area contributed by atoms with Crippen molar-refractivity contribution in [1.29, 1.82) is 0 Å². The molecule has 20 heavy (non-hydrogen) atoms. The van der Waals surface area contributed by atoms with Gasteiger partial charge in [0.25, 0.3) is 0 Å². The van der Waals surface area contributed by atoms with E-state index in [0.717, 1.165) is 38.6 Å². The average Bonchev–Trinajstić information content (AvgIpc) is 2.93. The van der Waals surface area contributed by atoms with E-state index < -0.39 is 0 Å². The summed E-state index contributed by atoms with van der Waals surface area (Å²) >= 11 is 0. The standard InChI is InChI=1S/C16H29N3O/c20-15(18-11-14-5-2-1-3-6-14)19-10-4-7-16(13-19)8-9-17-12-16/h14,17H,1-13H2,(H,18,20). The van der Waals surface area contributed by atoms with Crippen molar-refractivity contribution in [3.05, 3.63) is 0 Å². The molecule has 1 saturated carbocycles. The summed E-state index contributed by atoms with van der Waals surface area (Å²) in [5, 5.41) is 6.66. The molecule has 2 heterocycles. The maximum atomic E-state index is 12.4. The molecular formula is C16H29N3O. The first-order valence-corrected chi connectivity index (χ1v) is 8.51. The fourth-order valence-corrected chi connectivity index (χ4v) is 4.26. The van der Waals surface area contributed by atoms with Gasteiger partial charge in [0.05, 0.1) is 0 Å². The normalized spacial score (nSPS) is 31.7. The molecule has 2 amide bonds. The number of urea groups is 1. The van der Waals surface area contributed by atoms with Gasteiger partial charge in [-0.15, -0.1) is 0 Å². The number of likely N-dealkylation sites (tertiary alicyclic amines) is 1. The number of nitrogens with one attached hydrogen (secondary N) is 2. The van der Waals surface area contributed by atoms with Crippen LogP contribution in [0, 0.1) is 11.3 Å². The summed E-state index contributed by atoms with van der Waals surface area (Å²) < 4.78 is 0. The fraction of sp³-hybridized carbons (Fsp3) is 0.938. The molecule has 0 aromatic carbocycles. The summed E-state index contributed by atoms with van der Waals surface area (Å²) in [5.41, 5.74) is 0.375. The van der Waals surface area contributed by atoms with Crippen molar-refractivity contribution in [1.82, 2.24) is 15.5 Å². The van der Waals surface area contributed by atoms with E-state index in [0.29, 0.717) is 5.41 Å². The number of amides is 2. The molecule has 2 N–H and O–H groups in total. The van der Waals surface area contributed by atoms with Gasteiger partial charge in [0.2, 0.25) is 0 Å². The van der Waals surface area contributed by atoms with Crippen molar-refractivity contribution in [3.8, 4) is 0 Å². The van der Waals surface area contributed by atoms with Crippen molar-refractivity contribution in [2.45, 2.75) is 51.4 Å². The Bertz CT molecular complexity index is 333. The van der Waals surface area contributed by atoms with Crippen LogP contribution in [0.3, 0.4) is 0 Å². The van der Waals surface area contributed by atoms with Crippen LogP contribution in [0.2, 0.25) is 0 Å². The second-order valence-corrected chi connectivity index (χ2v) is 7.14. The lowest BCUT2D eigenvalue weighted by Crippen LogP contribution is -2.51. The summed E-state index contributed by atoms with van der Waals surface area (Å²) in [6, 6.07) is 0.182. The zero-order valence-corrected chi connectivity index (χ0v) is 12.6. The number of carbonyl (C=O) groups excluding carboxylic acids is 1. The lowest BCUT2D eigenvalue weighted by Gasteiger charge is -2.40. The first kappa shape index (κ1) is 14.2. The summed E-state index contributed by atoms with van der Waals surface area (Å²) in [4.78, 5) is 14.4. The van der Waals surface area contributed by atoms with Crippen molar-refractivity contribution >= 4 is 6.03 Å². The maximum absolute atomic E-state index is 12.4. The Labute approximate surface area is 122 Å². The second kappa shape index (κ2) is 6.33. The van der Waals surface area contributed by atoms with Gasteiger partial charge in [-0.05, 0) is 44.6 Å². The Morgan fingerprint density at radius 2 is 2.05 bits per heavy atom. The Morgan fingerprint density at radius 1 is 1.20 bits per heavy atom. The van der Waals surface area contributed by atoms with Crippen LogP contribution in [0.4, 0.5) is 4.79 Å². The predicted molar refractivity (Wildman–Crippen MR) is 80.7 cm³/mol.